The lowest BCUT2D eigenvalue weighted by Crippen LogP contribution is -2.09. The van der Waals surface area contributed by atoms with E-state index in [4.69, 9.17) is 0 Å². The van der Waals surface area contributed by atoms with Gasteiger partial charge in [-0.2, -0.15) is 0 Å². The highest BCUT2D eigenvalue weighted by Crippen LogP contribution is 2.42. The lowest BCUT2D eigenvalue weighted by molar-refractivity contribution is 0.104. The minimum atomic E-state index is 0.0949. The van der Waals surface area contributed by atoms with E-state index < -0.39 is 0 Å². The summed E-state index contributed by atoms with van der Waals surface area (Å²) in [5.74, 6) is 0.0949. The second-order valence-corrected chi connectivity index (χ2v) is 6.61. The van der Waals surface area contributed by atoms with Gasteiger partial charge in [-0.1, -0.05) is 62.2 Å². The summed E-state index contributed by atoms with van der Waals surface area (Å²) in [7, 11) is 0. The number of carbonyl (C=O) groups excluding carboxylic acids is 1. The monoisotopic (exact) mass is 386 g/mol. The highest BCUT2D eigenvalue weighted by molar-refractivity contribution is 9.11. The molecule has 0 spiro atoms. The first-order valence-corrected chi connectivity index (χ1v) is 7.81. The van der Waals surface area contributed by atoms with E-state index in [-0.39, 0.29) is 5.78 Å². The van der Waals surface area contributed by atoms with Gasteiger partial charge in [0.05, 0.1) is 0 Å². The maximum Gasteiger partial charge on any atom is 0.194 e. The molecule has 0 aliphatic heterocycles. The molecule has 0 saturated heterocycles. The molecule has 0 bridgehead atoms. The van der Waals surface area contributed by atoms with Gasteiger partial charge in [0.25, 0.3) is 0 Å². The van der Waals surface area contributed by atoms with Crippen molar-refractivity contribution in [3.8, 4) is 11.1 Å². The summed E-state index contributed by atoms with van der Waals surface area (Å²) in [6.07, 6.45) is 0. The van der Waals surface area contributed by atoms with Crippen molar-refractivity contribution >= 4 is 48.4 Å². The van der Waals surface area contributed by atoms with Gasteiger partial charge in [-0.15, -0.1) is 0 Å². The van der Waals surface area contributed by atoms with Gasteiger partial charge < -0.3 is 0 Å². The topological polar surface area (TPSA) is 17.1 Å². The largest absolute Gasteiger partial charge is 0.289 e. The third kappa shape index (κ3) is 1.57. The molecule has 0 fully saturated rings. The molecule has 20 heavy (non-hydrogen) atoms. The van der Waals surface area contributed by atoms with Crippen molar-refractivity contribution < 1.29 is 4.79 Å². The van der Waals surface area contributed by atoms with Crippen LogP contribution in [0.25, 0.3) is 21.9 Å². The van der Waals surface area contributed by atoms with E-state index in [1.807, 2.05) is 42.5 Å². The van der Waals surface area contributed by atoms with E-state index in [2.05, 4.69) is 37.9 Å². The van der Waals surface area contributed by atoms with Gasteiger partial charge in [0.1, 0.15) is 0 Å². The third-order valence-electron chi connectivity index (χ3n) is 3.75. The average molecular weight is 388 g/mol. The molecule has 1 aliphatic carbocycles. The molecule has 3 aromatic carbocycles. The minimum absolute atomic E-state index is 0.0949. The van der Waals surface area contributed by atoms with Crippen LogP contribution in [0.5, 0.6) is 0 Å². The summed E-state index contributed by atoms with van der Waals surface area (Å²) in [6.45, 7) is 0. The van der Waals surface area contributed by atoms with Crippen molar-refractivity contribution in [2.45, 2.75) is 0 Å². The van der Waals surface area contributed by atoms with Crippen molar-refractivity contribution in [3.05, 3.63) is 68.6 Å². The van der Waals surface area contributed by atoms with Crippen molar-refractivity contribution in [2.24, 2.45) is 0 Å². The van der Waals surface area contributed by atoms with Crippen LogP contribution >= 0.6 is 31.9 Å². The lowest BCUT2D eigenvalue weighted by Gasteiger charge is -2.20. The fourth-order valence-electron chi connectivity index (χ4n) is 2.87. The second kappa shape index (κ2) is 4.27. The van der Waals surface area contributed by atoms with E-state index >= 15 is 0 Å². The number of carbonyl (C=O) groups is 1. The Kier molecular flexibility index (Phi) is 2.63. The SMILES string of the molecule is O=C1c2cc(Br)ccc2-c2ccc(Br)c3cccc1c23. The molecule has 1 aliphatic rings. The Bertz CT molecular complexity index is 897. The van der Waals surface area contributed by atoms with Crippen molar-refractivity contribution in [1.82, 2.24) is 0 Å². The molecular weight excluding hydrogens is 380 g/mol. The maximum atomic E-state index is 12.7. The van der Waals surface area contributed by atoms with Gasteiger partial charge in [0.15, 0.2) is 5.78 Å². The zero-order chi connectivity index (χ0) is 13.9. The molecule has 3 heteroatoms. The normalized spacial score (nSPS) is 12.6. The van der Waals surface area contributed by atoms with E-state index in [1.165, 1.54) is 0 Å². The maximum absolute atomic E-state index is 12.7. The van der Waals surface area contributed by atoms with Gasteiger partial charge in [-0.25, -0.2) is 0 Å². The molecule has 0 aromatic heterocycles. The van der Waals surface area contributed by atoms with Crippen LogP contribution in [0, 0.1) is 0 Å². The summed E-state index contributed by atoms with van der Waals surface area (Å²) >= 11 is 7.02. The van der Waals surface area contributed by atoms with E-state index in [9.17, 15) is 4.79 Å². The Balaban J connectivity index is 2.24. The number of ketones is 1. The second-order valence-electron chi connectivity index (χ2n) is 4.84. The van der Waals surface area contributed by atoms with Crippen LogP contribution in [0.4, 0.5) is 0 Å². The molecule has 1 nitrogen and oxygen atoms in total. The van der Waals surface area contributed by atoms with Gasteiger partial charge in [0, 0.05) is 25.5 Å². The summed E-state index contributed by atoms with van der Waals surface area (Å²) in [5.41, 5.74) is 3.68. The van der Waals surface area contributed by atoms with Crippen molar-refractivity contribution in [3.63, 3.8) is 0 Å². The quantitative estimate of drug-likeness (QED) is 0.385. The van der Waals surface area contributed by atoms with Gasteiger partial charge in [-0.05, 0) is 34.7 Å². The van der Waals surface area contributed by atoms with E-state index in [0.29, 0.717) is 0 Å². The average Bonchev–Trinajstić information content (AvgIpc) is 2.46. The van der Waals surface area contributed by atoms with Crippen molar-refractivity contribution in [1.29, 1.82) is 0 Å². The third-order valence-corrected chi connectivity index (χ3v) is 4.93. The predicted octanol–water partition coefficient (Wildman–Crippen LogP) is 5.58. The summed E-state index contributed by atoms with van der Waals surface area (Å²) in [6, 6.07) is 15.9. The van der Waals surface area contributed by atoms with Crippen LogP contribution in [0.1, 0.15) is 15.9 Å². The van der Waals surface area contributed by atoms with Crippen LogP contribution in [0.15, 0.2) is 57.5 Å². The molecule has 4 rings (SSSR count). The Morgan fingerprint density at radius 2 is 1.55 bits per heavy atom. The highest BCUT2D eigenvalue weighted by Gasteiger charge is 2.25. The van der Waals surface area contributed by atoms with Gasteiger partial charge >= 0.3 is 0 Å². The molecule has 0 saturated carbocycles. The Labute approximate surface area is 132 Å². The number of hydrogen-bond donors (Lipinski definition) is 0. The van der Waals surface area contributed by atoms with Crippen LogP contribution in [-0.2, 0) is 0 Å². The minimum Gasteiger partial charge on any atom is -0.289 e. The molecule has 0 amide bonds. The Morgan fingerprint density at radius 1 is 0.750 bits per heavy atom. The number of rotatable bonds is 0. The Morgan fingerprint density at radius 3 is 2.40 bits per heavy atom. The molecule has 0 radical (unpaired) electrons. The first-order valence-electron chi connectivity index (χ1n) is 6.22. The number of hydrogen-bond acceptors (Lipinski definition) is 1. The molecule has 0 unspecified atom stereocenters. The lowest BCUT2D eigenvalue weighted by atomic mass is 9.83. The van der Waals surface area contributed by atoms with E-state index in [1.54, 1.807) is 0 Å². The Hall–Kier alpha value is -1.45. The first kappa shape index (κ1) is 12.3. The number of fused-ring (bicyclic) bond motifs is 2. The zero-order valence-corrected chi connectivity index (χ0v) is 13.5. The molecule has 0 N–H and O–H groups in total. The molecular formula is C17H8Br2O. The zero-order valence-electron chi connectivity index (χ0n) is 10.3. The van der Waals surface area contributed by atoms with Crippen molar-refractivity contribution in [2.75, 3.05) is 0 Å². The molecule has 96 valence electrons. The van der Waals surface area contributed by atoms with Gasteiger partial charge in [-0.3, -0.25) is 4.79 Å². The number of benzene rings is 3. The van der Waals surface area contributed by atoms with Crippen LogP contribution < -0.4 is 0 Å². The molecule has 3 aromatic rings. The van der Waals surface area contributed by atoms with Crippen LogP contribution in [-0.4, -0.2) is 5.78 Å². The van der Waals surface area contributed by atoms with Crippen LogP contribution in [0.2, 0.25) is 0 Å². The first-order chi connectivity index (χ1) is 9.66. The fourth-order valence-corrected chi connectivity index (χ4v) is 3.69. The fraction of sp³-hybridized carbons (Fsp3) is 0. The predicted molar refractivity (Wildman–Crippen MR) is 88.2 cm³/mol. The van der Waals surface area contributed by atoms with Crippen LogP contribution in [0.3, 0.4) is 0 Å². The molecule has 0 atom stereocenters. The highest BCUT2D eigenvalue weighted by atomic mass is 79.9. The smallest absolute Gasteiger partial charge is 0.194 e. The summed E-state index contributed by atoms with van der Waals surface area (Å²) in [5, 5.41) is 2.13. The summed E-state index contributed by atoms with van der Waals surface area (Å²) in [4.78, 5) is 12.7. The van der Waals surface area contributed by atoms with Gasteiger partial charge in [0.2, 0.25) is 0 Å². The number of halogens is 2. The summed E-state index contributed by atoms with van der Waals surface area (Å²) < 4.78 is 1.95. The standard InChI is InChI=1S/C17H8Br2O/c18-9-4-5-10-11-6-7-15(19)12-2-1-3-13(16(11)12)17(20)14(10)8-9/h1-8H. The molecule has 0 heterocycles. The van der Waals surface area contributed by atoms with E-state index in [0.717, 1.165) is 42.0 Å².